The Bertz CT molecular complexity index is 104. The second-order valence-electron chi connectivity index (χ2n) is 2.97. The van der Waals surface area contributed by atoms with Gasteiger partial charge in [-0.15, -0.1) is 0 Å². The number of aliphatic hydroxyl groups excluding tert-OH is 2. The molecule has 5 nitrogen and oxygen atoms in total. The summed E-state index contributed by atoms with van der Waals surface area (Å²) >= 11 is 0. The van der Waals surface area contributed by atoms with E-state index < -0.39 is 0 Å². The fraction of sp³-hybridized carbons (Fsp3) is 1.00. The molecule has 0 saturated heterocycles. The molecule has 0 aromatic carbocycles. The quantitative estimate of drug-likeness (QED) is 0.314. The summed E-state index contributed by atoms with van der Waals surface area (Å²) < 4.78 is 0. The molecular weight excluding hydrogens is 170 g/mol. The zero-order valence-electron chi connectivity index (χ0n) is 8.54. The van der Waals surface area contributed by atoms with Gasteiger partial charge in [-0.05, 0) is 21.1 Å². The smallest absolute Gasteiger partial charge is 0.0600 e. The van der Waals surface area contributed by atoms with Gasteiger partial charge in [0.1, 0.15) is 0 Å². The molecule has 5 N–H and O–H groups in total. The minimum Gasteiger partial charge on any atom is -0.395 e. The summed E-state index contributed by atoms with van der Waals surface area (Å²) in [4.78, 5) is 0. The van der Waals surface area contributed by atoms with Gasteiger partial charge in [-0.2, -0.15) is 0 Å². The summed E-state index contributed by atoms with van der Waals surface area (Å²) in [6.07, 6.45) is 0. The van der Waals surface area contributed by atoms with Crippen LogP contribution in [0.5, 0.6) is 0 Å². The molecule has 2 unspecified atom stereocenters. The summed E-state index contributed by atoms with van der Waals surface area (Å²) in [6, 6.07) is -0.116. The summed E-state index contributed by atoms with van der Waals surface area (Å²) in [5.74, 6) is 0. The van der Waals surface area contributed by atoms with E-state index in [0.29, 0.717) is 0 Å². The van der Waals surface area contributed by atoms with Gasteiger partial charge < -0.3 is 26.2 Å². The van der Waals surface area contributed by atoms with Crippen LogP contribution in [-0.2, 0) is 0 Å². The van der Waals surface area contributed by atoms with Crippen molar-refractivity contribution in [1.82, 2.24) is 16.0 Å². The van der Waals surface area contributed by atoms with Gasteiger partial charge in [0.05, 0.1) is 13.2 Å². The van der Waals surface area contributed by atoms with Gasteiger partial charge in [0, 0.05) is 18.1 Å². The van der Waals surface area contributed by atoms with Gasteiger partial charge in [-0.1, -0.05) is 0 Å². The van der Waals surface area contributed by atoms with Gasteiger partial charge in [0.2, 0.25) is 0 Å². The van der Waals surface area contributed by atoms with Crippen LogP contribution in [0, 0.1) is 0 Å². The highest BCUT2D eigenvalue weighted by Gasteiger charge is 2.24. The van der Waals surface area contributed by atoms with Crippen molar-refractivity contribution < 1.29 is 10.2 Å². The summed E-state index contributed by atoms with van der Waals surface area (Å²) in [7, 11) is 5.38. The van der Waals surface area contributed by atoms with E-state index in [0.717, 1.165) is 0 Å². The molecule has 0 fully saturated rings. The Kier molecular flexibility index (Phi) is 7.12. The van der Waals surface area contributed by atoms with Crippen LogP contribution >= 0.6 is 0 Å². The van der Waals surface area contributed by atoms with Crippen molar-refractivity contribution in [2.45, 2.75) is 18.1 Å². The summed E-state index contributed by atoms with van der Waals surface area (Å²) in [6.45, 7) is 0.0837. The first kappa shape index (κ1) is 12.8. The van der Waals surface area contributed by atoms with E-state index >= 15 is 0 Å². The molecule has 0 saturated carbocycles. The fourth-order valence-electron chi connectivity index (χ4n) is 1.45. The molecule has 5 heteroatoms. The van der Waals surface area contributed by atoms with Gasteiger partial charge in [-0.25, -0.2) is 0 Å². The number of likely N-dealkylation sites (N-methyl/N-ethyl adjacent to an activating group) is 3. The number of aliphatic hydroxyl groups is 2. The minimum absolute atomic E-state index is 0.00463. The lowest BCUT2D eigenvalue weighted by Crippen LogP contribution is -2.58. The lowest BCUT2D eigenvalue weighted by molar-refractivity contribution is 0.164. The van der Waals surface area contributed by atoms with E-state index in [1.54, 1.807) is 14.1 Å². The van der Waals surface area contributed by atoms with Crippen LogP contribution in [0.2, 0.25) is 0 Å². The van der Waals surface area contributed by atoms with Crippen molar-refractivity contribution in [1.29, 1.82) is 0 Å². The highest BCUT2D eigenvalue weighted by atomic mass is 16.3. The molecule has 0 heterocycles. The average molecular weight is 191 g/mol. The molecule has 0 aliphatic heterocycles. The molecule has 0 spiro atoms. The van der Waals surface area contributed by atoms with Gasteiger partial charge >= 0.3 is 0 Å². The Morgan fingerprint density at radius 2 is 1.23 bits per heavy atom. The van der Waals surface area contributed by atoms with Gasteiger partial charge in [0.15, 0.2) is 0 Å². The van der Waals surface area contributed by atoms with Crippen LogP contribution < -0.4 is 16.0 Å². The van der Waals surface area contributed by atoms with E-state index in [-0.39, 0.29) is 31.3 Å². The molecule has 2 atom stereocenters. The van der Waals surface area contributed by atoms with Crippen molar-refractivity contribution in [3.63, 3.8) is 0 Å². The first-order chi connectivity index (χ1) is 6.24. The van der Waals surface area contributed by atoms with E-state index in [9.17, 15) is 0 Å². The summed E-state index contributed by atoms with van der Waals surface area (Å²) in [5.41, 5.74) is 0. The van der Waals surface area contributed by atoms with E-state index in [2.05, 4.69) is 16.0 Å². The Balaban J connectivity index is 4.26. The largest absolute Gasteiger partial charge is 0.395 e. The maximum atomic E-state index is 9.06. The number of nitrogens with one attached hydrogen (secondary N) is 3. The van der Waals surface area contributed by atoms with Crippen LogP contribution in [-0.4, -0.2) is 62.7 Å². The van der Waals surface area contributed by atoms with Gasteiger partial charge in [-0.3, -0.25) is 0 Å². The molecule has 0 bridgehead atoms. The standard InChI is InChI=1S/C8H21N3O2/c1-9-6(4-12)8(11-3)7(5-13)10-2/h6-13H,4-5H2,1-3H3. The van der Waals surface area contributed by atoms with Gasteiger partial charge in [0.25, 0.3) is 0 Å². The fourth-order valence-corrected chi connectivity index (χ4v) is 1.45. The van der Waals surface area contributed by atoms with Crippen LogP contribution in [0.15, 0.2) is 0 Å². The van der Waals surface area contributed by atoms with E-state index in [4.69, 9.17) is 10.2 Å². The summed E-state index contributed by atoms with van der Waals surface area (Å²) in [5, 5.41) is 27.1. The molecule has 0 aromatic rings. The Morgan fingerprint density at radius 1 is 0.846 bits per heavy atom. The van der Waals surface area contributed by atoms with Crippen LogP contribution in [0.4, 0.5) is 0 Å². The molecular formula is C8H21N3O2. The van der Waals surface area contributed by atoms with Crippen molar-refractivity contribution >= 4 is 0 Å². The van der Waals surface area contributed by atoms with Crippen molar-refractivity contribution in [3.8, 4) is 0 Å². The highest BCUT2D eigenvalue weighted by molar-refractivity contribution is 4.89. The van der Waals surface area contributed by atoms with Crippen LogP contribution in [0.25, 0.3) is 0 Å². The predicted octanol–water partition coefficient (Wildman–Crippen LogP) is -2.26. The molecule has 0 aliphatic carbocycles. The van der Waals surface area contributed by atoms with E-state index in [1.807, 2.05) is 7.05 Å². The van der Waals surface area contributed by atoms with Crippen molar-refractivity contribution in [2.24, 2.45) is 0 Å². The first-order valence-electron chi connectivity index (χ1n) is 4.48. The second-order valence-corrected chi connectivity index (χ2v) is 2.97. The lowest BCUT2D eigenvalue weighted by Gasteiger charge is -2.31. The maximum absolute atomic E-state index is 9.06. The molecule has 0 amide bonds. The Labute approximate surface area is 79.5 Å². The number of hydrogen-bond acceptors (Lipinski definition) is 5. The zero-order valence-corrected chi connectivity index (χ0v) is 8.54. The SMILES string of the molecule is CNC(CO)C(NC)C(CO)NC. The molecule has 0 aromatic heterocycles. The highest BCUT2D eigenvalue weighted by Crippen LogP contribution is 1.98. The average Bonchev–Trinajstić information content (AvgIpc) is 2.18. The molecule has 0 aliphatic rings. The lowest BCUT2D eigenvalue weighted by atomic mass is 10.0. The Hall–Kier alpha value is -0.200. The Morgan fingerprint density at radius 3 is 1.38 bits per heavy atom. The third kappa shape index (κ3) is 3.58. The molecule has 13 heavy (non-hydrogen) atoms. The number of hydrogen-bond donors (Lipinski definition) is 5. The monoisotopic (exact) mass is 191 g/mol. The topological polar surface area (TPSA) is 76.5 Å². The predicted molar refractivity (Wildman–Crippen MR) is 52.7 cm³/mol. The third-order valence-electron chi connectivity index (χ3n) is 2.34. The van der Waals surface area contributed by atoms with Crippen molar-refractivity contribution in [3.05, 3.63) is 0 Å². The zero-order chi connectivity index (χ0) is 10.3. The number of rotatable bonds is 7. The third-order valence-corrected chi connectivity index (χ3v) is 2.34. The van der Waals surface area contributed by atoms with Crippen LogP contribution in [0.3, 0.4) is 0 Å². The normalized spacial score (nSPS) is 18.2. The molecule has 80 valence electrons. The molecule has 0 radical (unpaired) electrons. The van der Waals surface area contributed by atoms with Crippen LogP contribution in [0.1, 0.15) is 0 Å². The molecule has 0 rings (SSSR count). The second kappa shape index (κ2) is 7.23. The first-order valence-corrected chi connectivity index (χ1v) is 4.48. The minimum atomic E-state index is -0.0606. The van der Waals surface area contributed by atoms with Crippen molar-refractivity contribution in [2.75, 3.05) is 34.4 Å². The maximum Gasteiger partial charge on any atom is 0.0600 e. The van der Waals surface area contributed by atoms with E-state index in [1.165, 1.54) is 0 Å².